The molecule has 1 saturated carbocycles. The zero-order valence-corrected chi connectivity index (χ0v) is 14.6. The first-order valence-corrected chi connectivity index (χ1v) is 9.14. The number of benzene rings is 2. The molecule has 1 heterocycles. The smallest absolute Gasteiger partial charge is 0.225 e. The van der Waals surface area contributed by atoms with E-state index in [2.05, 4.69) is 54.0 Å². The molecule has 0 radical (unpaired) electrons. The Labute approximate surface area is 148 Å². The third-order valence-corrected chi connectivity index (χ3v) is 4.94. The van der Waals surface area contributed by atoms with Crippen LogP contribution in [0, 0.1) is 0 Å². The molecule has 1 aliphatic carbocycles. The summed E-state index contributed by atoms with van der Waals surface area (Å²) < 4.78 is 0. The second kappa shape index (κ2) is 7.09. The van der Waals surface area contributed by atoms with Crippen LogP contribution < -0.4 is 10.6 Å². The van der Waals surface area contributed by atoms with Crippen molar-refractivity contribution in [3.63, 3.8) is 0 Å². The molecule has 4 heteroatoms. The first-order valence-electron chi connectivity index (χ1n) is 9.14. The van der Waals surface area contributed by atoms with Gasteiger partial charge in [0.2, 0.25) is 5.95 Å². The van der Waals surface area contributed by atoms with Gasteiger partial charge in [0.15, 0.2) is 0 Å². The summed E-state index contributed by atoms with van der Waals surface area (Å²) in [7, 11) is 0. The van der Waals surface area contributed by atoms with Crippen LogP contribution in [-0.4, -0.2) is 16.0 Å². The Morgan fingerprint density at radius 2 is 1.64 bits per heavy atom. The summed E-state index contributed by atoms with van der Waals surface area (Å²) in [5.41, 5.74) is 2.22. The van der Waals surface area contributed by atoms with E-state index in [1.807, 2.05) is 18.2 Å². The number of nitrogens with one attached hydrogen (secondary N) is 2. The second-order valence-electron chi connectivity index (χ2n) is 6.82. The summed E-state index contributed by atoms with van der Waals surface area (Å²) in [4.78, 5) is 9.51. The Morgan fingerprint density at radius 1 is 0.920 bits per heavy atom. The van der Waals surface area contributed by atoms with Crippen LogP contribution in [0.4, 0.5) is 11.8 Å². The van der Waals surface area contributed by atoms with E-state index in [-0.39, 0.29) is 6.04 Å². The minimum Gasteiger partial charge on any atom is -0.363 e. The predicted octanol–water partition coefficient (Wildman–Crippen LogP) is 5.16. The molecular formula is C21H24N4. The van der Waals surface area contributed by atoms with Crippen LogP contribution in [0.25, 0.3) is 10.9 Å². The van der Waals surface area contributed by atoms with Crippen molar-refractivity contribution in [2.45, 2.75) is 44.7 Å². The van der Waals surface area contributed by atoms with Crippen molar-refractivity contribution < 1.29 is 0 Å². The van der Waals surface area contributed by atoms with E-state index in [4.69, 9.17) is 9.97 Å². The maximum absolute atomic E-state index is 4.80. The van der Waals surface area contributed by atoms with Gasteiger partial charge in [0, 0.05) is 17.5 Å². The van der Waals surface area contributed by atoms with E-state index in [1.165, 1.54) is 31.2 Å². The van der Waals surface area contributed by atoms with Gasteiger partial charge >= 0.3 is 0 Å². The normalized spacial score (nSPS) is 16.0. The molecule has 2 aromatic carbocycles. The summed E-state index contributed by atoms with van der Waals surface area (Å²) >= 11 is 0. The highest BCUT2D eigenvalue weighted by Gasteiger charge is 2.17. The van der Waals surface area contributed by atoms with Crippen LogP contribution >= 0.6 is 0 Å². The Bertz CT molecular complexity index is 841. The van der Waals surface area contributed by atoms with Gasteiger partial charge in [0.1, 0.15) is 5.82 Å². The van der Waals surface area contributed by atoms with Crippen LogP contribution in [0.2, 0.25) is 0 Å². The average Bonchev–Trinajstić information content (AvgIpc) is 3.15. The van der Waals surface area contributed by atoms with Gasteiger partial charge in [-0.3, -0.25) is 0 Å². The minimum atomic E-state index is 0.179. The lowest BCUT2D eigenvalue weighted by Crippen LogP contribution is -2.18. The molecule has 3 aromatic rings. The number of rotatable bonds is 5. The SMILES string of the molecule is CC(Nc1nc(NC2CCCC2)nc2ccccc12)c1ccccc1. The number of hydrogen-bond donors (Lipinski definition) is 2. The highest BCUT2D eigenvalue weighted by molar-refractivity contribution is 5.90. The van der Waals surface area contributed by atoms with Crippen molar-refractivity contribution in [2.24, 2.45) is 0 Å². The largest absolute Gasteiger partial charge is 0.363 e. The molecule has 1 aliphatic rings. The molecule has 0 bridgehead atoms. The van der Waals surface area contributed by atoms with Gasteiger partial charge in [0.05, 0.1) is 5.52 Å². The van der Waals surface area contributed by atoms with Gasteiger partial charge in [-0.15, -0.1) is 0 Å². The first-order chi connectivity index (χ1) is 12.3. The van der Waals surface area contributed by atoms with Crippen molar-refractivity contribution in [3.05, 3.63) is 60.2 Å². The molecule has 1 unspecified atom stereocenters. The molecule has 25 heavy (non-hydrogen) atoms. The fourth-order valence-corrected chi connectivity index (χ4v) is 3.53. The van der Waals surface area contributed by atoms with Crippen molar-refractivity contribution >= 4 is 22.7 Å². The fraction of sp³-hybridized carbons (Fsp3) is 0.333. The summed E-state index contributed by atoms with van der Waals surface area (Å²) in [5, 5.41) is 8.16. The van der Waals surface area contributed by atoms with E-state index in [1.54, 1.807) is 0 Å². The van der Waals surface area contributed by atoms with Crippen LogP contribution in [0.3, 0.4) is 0 Å². The maximum Gasteiger partial charge on any atom is 0.225 e. The fourth-order valence-electron chi connectivity index (χ4n) is 3.53. The summed E-state index contributed by atoms with van der Waals surface area (Å²) in [6.45, 7) is 2.16. The number of aromatic nitrogens is 2. The van der Waals surface area contributed by atoms with Crippen LogP contribution in [0.1, 0.15) is 44.2 Å². The molecule has 0 saturated heterocycles. The van der Waals surface area contributed by atoms with E-state index in [0.29, 0.717) is 6.04 Å². The second-order valence-corrected chi connectivity index (χ2v) is 6.82. The van der Waals surface area contributed by atoms with Crippen molar-refractivity contribution in [1.82, 2.24) is 9.97 Å². The van der Waals surface area contributed by atoms with Gasteiger partial charge in [-0.25, -0.2) is 4.98 Å². The lowest BCUT2D eigenvalue weighted by molar-refractivity contribution is 0.745. The Hall–Kier alpha value is -2.62. The molecule has 4 nitrogen and oxygen atoms in total. The summed E-state index contributed by atoms with van der Waals surface area (Å²) in [5.74, 6) is 1.62. The standard InChI is InChI=1S/C21H24N4/c1-15(16-9-3-2-4-10-16)22-20-18-13-7-8-14-19(18)24-21(25-20)23-17-11-5-6-12-17/h2-4,7-10,13-15,17H,5-6,11-12H2,1H3,(H2,22,23,24,25). The number of fused-ring (bicyclic) bond motifs is 1. The molecule has 0 aliphatic heterocycles. The molecule has 2 N–H and O–H groups in total. The molecule has 1 atom stereocenters. The highest BCUT2D eigenvalue weighted by atomic mass is 15.2. The predicted molar refractivity (Wildman–Crippen MR) is 104 cm³/mol. The van der Waals surface area contributed by atoms with Gasteiger partial charge in [-0.05, 0) is 37.5 Å². The summed E-state index contributed by atoms with van der Waals surface area (Å²) in [6.07, 6.45) is 5.00. The Kier molecular flexibility index (Phi) is 4.51. The number of para-hydroxylation sites is 1. The van der Waals surface area contributed by atoms with Gasteiger partial charge in [-0.1, -0.05) is 55.3 Å². The van der Waals surface area contributed by atoms with Gasteiger partial charge in [0.25, 0.3) is 0 Å². The number of anilines is 2. The van der Waals surface area contributed by atoms with E-state index >= 15 is 0 Å². The van der Waals surface area contributed by atoms with Gasteiger partial charge in [-0.2, -0.15) is 4.98 Å². The van der Waals surface area contributed by atoms with Crippen molar-refractivity contribution in [3.8, 4) is 0 Å². The number of hydrogen-bond acceptors (Lipinski definition) is 4. The molecule has 0 amide bonds. The lowest BCUT2D eigenvalue weighted by Gasteiger charge is -2.18. The summed E-state index contributed by atoms with van der Waals surface area (Å²) in [6, 6.07) is 19.3. The maximum atomic E-state index is 4.80. The Morgan fingerprint density at radius 3 is 2.44 bits per heavy atom. The molecule has 1 fully saturated rings. The molecule has 4 rings (SSSR count). The van der Waals surface area contributed by atoms with E-state index in [9.17, 15) is 0 Å². The number of nitrogens with zero attached hydrogens (tertiary/aromatic N) is 2. The third-order valence-electron chi connectivity index (χ3n) is 4.94. The zero-order valence-electron chi connectivity index (χ0n) is 14.6. The van der Waals surface area contributed by atoms with E-state index < -0.39 is 0 Å². The molecule has 128 valence electrons. The average molecular weight is 332 g/mol. The van der Waals surface area contributed by atoms with Gasteiger partial charge < -0.3 is 10.6 Å². The van der Waals surface area contributed by atoms with Crippen LogP contribution in [-0.2, 0) is 0 Å². The van der Waals surface area contributed by atoms with Crippen LogP contribution in [0.5, 0.6) is 0 Å². The zero-order chi connectivity index (χ0) is 17.1. The van der Waals surface area contributed by atoms with Crippen LogP contribution in [0.15, 0.2) is 54.6 Å². The monoisotopic (exact) mass is 332 g/mol. The first kappa shape index (κ1) is 15.9. The minimum absolute atomic E-state index is 0.179. The molecule has 0 spiro atoms. The van der Waals surface area contributed by atoms with E-state index in [0.717, 1.165) is 22.7 Å². The third kappa shape index (κ3) is 3.58. The lowest BCUT2D eigenvalue weighted by atomic mass is 10.1. The quantitative estimate of drug-likeness (QED) is 0.678. The highest BCUT2D eigenvalue weighted by Crippen LogP contribution is 2.27. The molecule has 1 aromatic heterocycles. The van der Waals surface area contributed by atoms with Crippen molar-refractivity contribution in [2.75, 3.05) is 10.6 Å². The topological polar surface area (TPSA) is 49.8 Å². The van der Waals surface area contributed by atoms with Crippen molar-refractivity contribution in [1.29, 1.82) is 0 Å². The Balaban J connectivity index is 1.65. The molecular weight excluding hydrogens is 308 g/mol.